The number of ether oxygens (including phenoxy) is 5. The van der Waals surface area contributed by atoms with Crippen LogP contribution in [0.4, 0.5) is 0 Å². The largest absolute Gasteiger partial charge is 0.497 e. The monoisotopic (exact) mass is 565 g/mol. The zero-order chi connectivity index (χ0) is 29.6. The standard InChI is InChI=1S/C32H27N3O7/c1-38-23-15-13-20(14-16-23)32(37)42-26-12-8-5-9-21(26)19-33-35-30(34-25-11-7-6-10-24(25)31(35)36)22-17-27(39-2)29(41-4)28(18-22)40-3/h5-19H,1-4H3. The molecule has 0 saturated carbocycles. The molecule has 1 aromatic heterocycles. The first kappa shape index (κ1) is 27.9. The number of aromatic nitrogens is 2. The van der Waals surface area contributed by atoms with E-state index in [9.17, 15) is 9.59 Å². The lowest BCUT2D eigenvalue weighted by atomic mass is 10.1. The lowest BCUT2D eigenvalue weighted by Crippen LogP contribution is -2.20. The van der Waals surface area contributed by atoms with Gasteiger partial charge >= 0.3 is 5.97 Å². The van der Waals surface area contributed by atoms with E-state index in [4.69, 9.17) is 28.7 Å². The minimum absolute atomic E-state index is 0.238. The molecule has 0 aliphatic carbocycles. The van der Waals surface area contributed by atoms with Crippen LogP contribution in [0.15, 0.2) is 94.8 Å². The molecule has 0 radical (unpaired) electrons. The van der Waals surface area contributed by atoms with Gasteiger partial charge in [-0.25, -0.2) is 9.78 Å². The molecule has 10 nitrogen and oxygen atoms in total. The Morgan fingerprint density at radius 3 is 2.12 bits per heavy atom. The third kappa shape index (κ3) is 5.50. The normalized spacial score (nSPS) is 11.0. The smallest absolute Gasteiger partial charge is 0.343 e. The summed E-state index contributed by atoms with van der Waals surface area (Å²) in [5.74, 6) is 1.74. The number of fused-ring (bicyclic) bond motifs is 1. The predicted octanol–water partition coefficient (Wildman–Crippen LogP) is 5.20. The number of hydrogen-bond acceptors (Lipinski definition) is 9. The summed E-state index contributed by atoms with van der Waals surface area (Å²) >= 11 is 0. The van der Waals surface area contributed by atoms with E-state index < -0.39 is 11.5 Å². The molecule has 5 aromatic rings. The Morgan fingerprint density at radius 1 is 0.786 bits per heavy atom. The lowest BCUT2D eigenvalue weighted by Gasteiger charge is -2.15. The SMILES string of the molecule is COc1ccc(C(=O)Oc2ccccc2C=Nn2c(-c3cc(OC)c(OC)c(OC)c3)nc3ccccc3c2=O)cc1. The van der Waals surface area contributed by atoms with Crippen molar-refractivity contribution in [2.75, 3.05) is 28.4 Å². The van der Waals surface area contributed by atoms with Gasteiger partial charge in [0.1, 0.15) is 11.5 Å². The number of carbonyl (C=O) groups is 1. The average Bonchev–Trinajstić information content (AvgIpc) is 3.04. The van der Waals surface area contributed by atoms with Crippen molar-refractivity contribution in [3.63, 3.8) is 0 Å². The van der Waals surface area contributed by atoms with E-state index >= 15 is 0 Å². The van der Waals surface area contributed by atoms with Gasteiger partial charge in [-0.05, 0) is 60.7 Å². The first-order chi connectivity index (χ1) is 20.5. The van der Waals surface area contributed by atoms with Gasteiger partial charge in [-0.1, -0.05) is 24.3 Å². The number of nitrogens with zero attached hydrogens (tertiary/aromatic N) is 3. The van der Waals surface area contributed by atoms with Gasteiger partial charge in [0.25, 0.3) is 5.56 Å². The summed E-state index contributed by atoms with van der Waals surface area (Å²) < 4.78 is 28.5. The van der Waals surface area contributed by atoms with Crippen LogP contribution in [0.2, 0.25) is 0 Å². The maximum absolute atomic E-state index is 13.7. The fraction of sp³-hybridized carbons (Fsp3) is 0.125. The van der Waals surface area contributed by atoms with Crippen molar-refractivity contribution in [3.05, 3.63) is 106 Å². The Balaban J connectivity index is 1.60. The molecular formula is C32H27N3O7. The van der Waals surface area contributed by atoms with Crippen molar-refractivity contribution >= 4 is 23.1 Å². The third-order valence-corrected chi connectivity index (χ3v) is 6.44. The van der Waals surface area contributed by atoms with Crippen molar-refractivity contribution in [1.29, 1.82) is 0 Å². The number of carbonyl (C=O) groups excluding carboxylic acids is 1. The summed E-state index contributed by atoms with van der Waals surface area (Å²) in [5.41, 5.74) is 1.42. The molecule has 0 atom stereocenters. The third-order valence-electron chi connectivity index (χ3n) is 6.44. The van der Waals surface area contributed by atoms with Crippen LogP contribution >= 0.6 is 0 Å². The van der Waals surface area contributed by atoms with Gasteiger partial charge in [0, 0.05) is 11.1 Å². The van der Waals surface area contributed by atoms with E-state index in [-0.39, 0.29) is 11.6 Å². The first-order valence-electron chi connectivity index (χ1n) is 12.8. The van der Waals surface area contributed by atoms with Gasteiger partial charge in [0.15, 0.2) is 17.3 Å². The second kappa shape index (κ2) is 12.3. The van der Waals surface area contributed by atoms with Gasteiger partial charge in [-0.15, -0.1) is 0 Å². The van der Waals surface area contributed by atoms with E-state index in [1.54, 1.807) is 92.0 Å². The maximum Gasteiger partial charge on any atom is 0.343 e. The molecule has 0 unspecified atom stereocenters. The maximum atomic E-state index is 13.7. The van der Waals surface area contributed by atoms with Crippen molar-refractivity contribution < 1.29 is 28.5 Å². The highest BCUT2D eigenvalue weighted by molar-refractivity contribution is 5.93. The van der Waals surface area contributed by atoms with Crippen LogP contribution in [0.3, 0.4) is 0 Å². The number of hydrogen-bond donors (Lipinski definition) is 0. The van der Waals surface area contributed by atoms with Crippen LogP contribution in [0.5, 0.6) is 28.7 Å². The van der Waals surface area contributed by atoms with E-state index in [1.807, 2.05) is 0 Å². The Morgan fingerprint density at radius 2 is 1.45 bits per heavy atom. The zero-order valence-electron chi connectivity index (χ0n) is 23.4. The van der Waals surface area contributed by atoms with Crippen molar-refractivity contribution in [2.45, 2.75) is 0 Å². The number of rotatable bonds is 9. The summed E-state index contributed by atoms with van der Waals surface area (Å²) in [4.78, 5) is 31.3. The van der Waals surface area contributed by atoms with Crippen LogP contribution in [0.25, 0.3) is 22.3 Å². The van der Waals surface area contributed by atoms with Gasteiger partial charge in [-0.3, -0.25) is 4.79 Å². The summed E-state index contributed by atoms with van der Waals surface area (Å²) in [6, 6.07) is 23.8. The molecule has 0 N–H and O–H groups in total. The van der Waals surface area contributed by atoms with E-state index in [0.717, 1.165) is 0 Å². The highest BCUT2D eigenvalue weighted by Crippen LogP contribution is 2.40. The topological polar surface area (TPSA) is 110 Å². The Kier molecular flexibility index (Phi) is 8.14. The van der Waals surface area contributed by atoms with Crippen molar-refractivity contribution in [3.8, 4) is 40.1 Å². The molecule has 5 rings (SSSR count). The highest BCUT2D eigenvalue weighted by Gasteiger charge is 2.19. The molecule has 0 amide bonds. The van der Waals surface area contributed by atoms with E-state index in [0.29, 0.717) is 50.6 Å². The predicted molar refractivity (Wildman–Crippen MR) is 158 cm³/mol. The fourth-order valence-electron chi connectivity index (χ4n) is 4.31. The van der Waals surface area contributed by atoms with Gasteiger partial charge in [0.2, 0.25) is 5.75 Å². The molecule has 0 bridgehead atoms. The van der Waals surface area contributed by atoms with Gasteiger partial charge < -0.3 is 23.7 Å². The Hall–Kier alpha value is -5.64. The van der Waals surface area contributed by atoms with Crippen LogP contribution in [-0.4, -0.2) is 50.3 Å². The highest BCUT2D eigenvalue weighted by atomic mass is 16.5. The molecule has 1 heterocycles. The second-order valence-electron chi connectivity index (χ2n) is 8.88. The molecule has 42 heavy (non-hydrogen) atoms. The number of benzene rings is 4. The summed E-state index contributed by atoms with van der Waals surface area (Å²) in [5, 5.41) is 4.90. The summed E-state index contributed by atoms with van der Waals surface area (Å²) in [6.45, 7) is 0. The molecule has 4 aromatic carbocycles. The van der Waals surface area contributed by atoms with Crippen LogP contribution < -0.4 is 29.2 Å². The quantitative estimate of drug-likeness (QED) is 0.136. The van der Waals surface area contributed by atoms with E-state index in [2.05, 4.69) is 5.10 Å². The van der Waals surface area contributed by atoms with Gasteiger partial charge in [0.05, 0.1) is 51.1 Å². The van der Waals surface area contributed by atoms with E-state index in [1.165, 1.54) is 32.2 Å². The first-order valence-corrected chi connectivity index (χ1v) is 12.8. The number of methoxy groups -OCH3 is 4. The molecule has 0 spiro atoms. The van der Waals surface area contributed by atoms with Crippen LogP contribution in [0.1, 0.15) is 15.9 Å². The Bertz CT molecular complexity index is 1820. The lowest BCUT2D eigenvalue weighted by molar-refractivity contribution is 0.0734. The second-order valence-corrected chi connectivity index (χ2v) is 8.88. The molecule has 0 aliphatic heterocycles. The fourth-order valence-corrected chi connectivity index (χ4v) is 4.31. The molecule has 0 aliphatic rings. The molecular weight excluding hydrogens is 538 g/mol. The zero-order valence-corrected chi connectivity index (χ0v) is 23.4. The summed E-state index contributed by atoms with van der Waals surface area (Å²) in [7, 11) is 6.06. The van der Waals surface area contributed by atoms with Crippen molar-refractivity contribution in [1.82, 2.24) is 9.66 Å². The minimum Gasteiger partial charge on any atom is -0.497 e. The molecule has 0 fully saturated rings. The Labute approximate surface area is 241 Å². The van der Waals surface area contributed by atoms with Gasteiger partial charge in [-0.2, -0.15) is 9.78 Å². The van der Waals surface area contributed by atoms with Crippen LogP contribution in [0, 0.1) is 0 Å². The van der Waals surface area contributed by atoms with Crippen molar-refractivity contribution in [2.24, 2.45) is 5.10 Å². The molecule has 0 saturated heterocycles. The minimum atomic E-state index is -0.554. The molecule has 10 heteroatoms. The van der Waals surface area contributed by atoms with Crippen LogP contribution in [-0.2, 0) is 0 Å². The average molecular weight is 566 g/mol. The molecule has 212 valence electrons. The summed E-state index contributed by atoms with van der Waals surface area (Å²) in [6.07, 6.45) is 1.44. The number of esters is 1. The number of para-hydroxylation sites is 2.